The molecule has 4 nitrogen and oxygen atoms in total. The van der Waals surface area contributed by atoms with E-state index >= 15 is 0 Å². The highest BCUT2D eigenvalue weighted by Crippen LogP contribution is 2.13. The van der Waals surface area contributed by atoms with Gasteiger partial charge in [-0.3, -0.25) is 9.59 Å². The van der Waals surface area contributed by atoms with Crippen molar-refractivity contribution in [2.45, 2.75) is 32.7 Å². The number of hydrogen-bond acceptors (Lipinski definition) is 4. The zero-order valence-electron chi connectivity index (χ0n) is 10.5. The van der Waals surface area contributed by atoms with Gasteiger partial charge < -0.3 is 10.5 Å². The Bertz CT molecular complexity index is 297. The molecule has 0 amide bonds. The van der Waals surface area contributed by atoms with Crippen molar-refractivity contribution in [3.05, 3.63) is 24.8 Å². The maximum absolute atomic E-state index is 11.8. The summed E-state index contributed by atoms with van der Waals surface area (Å²) in [7, 11) is 0. The van der Waals surface area contributed by atoms with Crippen molar-refractivity contribution in [3.63, 3.8) is 0 Å². The number of carbonyl (C=O) groups is 2. The molecule has 0 aliphatic heterocycles. The molecule has 0 spiro atoms. The monoisotopic (exact) mass is 239 g/mol. The van der Waals surface area contributed by atoms with Crippen LogP contribution in [0.1, 0.15) is 26.7 Å². The molecule has 0 rings (SSSR count). The standard InChI is InChI=1S/C13H21NO3/c1-4-7-10(11(15)8-5-2)12(14)13(16)17-9-6-3/h5-6,8,10,12H,3-4,7,9,14H2,1-2H3/t10?,12-/m0/s1. The summed E-state index contributed by atoms with van der Waals surface area (Å²) >= 11 is 0. The maximum Gasteiger partial charge on any atom is 0.323 e. The molecule has 4 heteroatoms. The lowest BCUT2D eigenvalue weighted by atomic mass is 9.91. The summed E-state index contributed by atoms with van der Waals surface area (Å²) in [6.07, 6.45) is 5.92. The SMILES string of the molecule is C=CCOC(=O)[C@@H](N)C(CCC)C(=O)C=CC. The molecule has 0 saturated carbocycles. The highest BCUT2D eigenvalue weighted by atomic mass is 16.5. The van der Waals surface area contributed by atoms with Crippen molar-refractivity contribution in [1.29, 1.82) is 0 Å². The average Bonchev–Trinajstić information content (AvgIpc) is 2.32. The lowest BCUT2D eigenvalue weighted by Crippen LogP contribution is -2.42. The summed E-state index contributed by atoms with van der Waals surface area (Å²) in [5.41, 5.74) is 5.76. The molecule has 2 N–H and O–H groups in total. The van der Waals surface area contributed by atoms with Crippen LogP contribution in [0.25, 0.3) is 0 Å². The second-order valence-electron chi connectivity index (χ2n) is 3.74. The van der Waals surface area contributed by atoms with E-state index in [2.05, 4.69) is 6.58 Å². The summed E-state index contributed by atoms with van der Waals surface area (Å²) in [4.78, 5) is 23.3. The van der Waals surface area contributed by atoms with Gasteiger partial charge in [0.2, 0.25) is 0 Å². The molecular weight excluding hydrogens is 218 g/mol. The second kappa shape index (κ2) is 8.70. The Labute approximate surface area is 103 Å². The average molecular weight is 239 g/mol. The molecule has 0 saturated heterocycles. The predicted molar refractivity (Wildman–Crippen MR) is 67.4 cm³/mol. The molecule has 2 atom stereocenters. The number of esters is 1. The Balaban J connectivity index is 4.62. The second-order valence-corrected chi connectivity index (χ2v) is 3.74. The van der Waals surface area contributed by atoms with Crippen molar-refractivity contribution in [1.82, 2.24) is 0 Å². The van der Waals surface area contributed by atoms with Crippen molar-refractivity contribution >= 4 is 11.8 Å². The quantitative estimate of drug-likeness (QED) is 0.397. The van der Waals surface area contributed by atoms with Gasteiger partial charge in [0, 0.05) is 5.92 Å². The number of allylic oxidation sites excluding steroid dienone is 2. The van der Waals surface area contributed by atoms with Gasteiger partial charge in [-0.15, -0.1) is 0 Å². The van der Waals surface area contributed by atoms with Gasteiger partial charge in [-0.25, -0.2) is 0 Å². The number of hydrogen-bond donors (Lipinski definition) is 1. The van der Waals surface area contributed by atoms with Crippen LogP contribution in [-0.2, 0) is 14.3 Å². The molecular formula is C13H21NO3. The molecule has 0 radical (unpaired) electrons. The topological polar surface area (TPSA) is 69.4 Å². The lowest BCUT2D eigenvalue weighted by Gasteiger charge is -2.19. The Kier molecular flexibility index (Phi) is 7.97. The third-order valence-corrected chi connectivity index (χ3v) is 2.35. The van der Waals surface area contributed by atoms with Crippen molar-refractivity contribution in [3.8, 4) is 0 Å². The summed E-state index contributed by atoms with van der Waals surface area (Å²) < 4.78 is 4.85. The van der Waals surface area contributed by atoms with Crippen LogP contribution in [0.2, 0.25) is 0 Å². The molecule has 0 fully saturated rings. The van der Waals surface area contributed by atoms with E-state index in [0.29, 0.717) is 6.42 Å². The Morgan fingerprint density at radius 2 is 2.12 bits per heavy atom. The molecule has 0 aliphatic rings. The summed E-state index contributed by atoms with van der Waals surface area (Å²) in [6.45, 7) is 7.25. The fourth-order valence-corrected chi connectivity index (χ4v) is 1.50. The van der Waals surface area contributed by atoms with Crippen molar-refractivity contribution in [2.75, 3.05) is 6.61 Å². The van der Waals surface area contributed by atoms with Gasteiger partial charge in [0.1, 0.15) is 12.6 Å². The minimum atomic E-state index is -0.904. The van der Waals surface area contributed by atoms with E-state index in [1.165, 1.54) is 12.2 Å². The normalized spacial score (nSPS) is 14.3. The van der Waals surface area contributed by atoms with E-state index in [-0.39, 0.29) is 12.4 Å². The van der Waals surface area contributed by atoms with E-state index in [9.17, 15) is 9.59 Å². The largest absolute Gasteiger partial charge is 0.460 e. The molecule has 0 heterocycles. The number of ether oxygens (including phenoxy) is 1. The van der Waals surface area contributed by atoms with E-state index in [0.717, 1.165) is 6.42 Å². The first-order valence-electron chi connectivity index (χ1n) is 5.78. The van der Waals surface area contributed by atoms with E-state index < -0.39 is 17.9 Å². The number of rotatable bonds is 8. The molecule has 0 bridgehead atoms. The fraction of sp³-hybridized carbons (Fsp3) is 0.538. The molecule has 96 valence electrons. The minimum absolute atomic E-state index is 0.114. The Morgan fingerprint density at radius 1 is 1.47 bits per heavy atom. The lowest BCUT2D eigenvalue weighted by molar-refractivity contribution is -0.147. The van der Waals surface area contributed by atoms with Crippen molar-refractivity contribution < 1.29 is 14.3 Å². The van der Waals surface area contributed by atoms with Gasteiger partial charge in [0.05, 0.1) is 0 Å². The Morgan fingerprint density at radius 3 is 2.59 bits per heavy atom. The molecule has 17 heavy (non-hydrogen) atoms. The highest BCUT2D eigenvalue weighted by Gasteiger charge is 2.29. The van der Waals surface area contributed by atoms with Crippen LogP contribution in [0.5, 0.6) is 0 Å². The van der Waals surface area contributed by atoms with Crippen LogP contribution < -0.4 is 5.73 Å². The van der Waals surface area contributed by atoms with E-state index in [1.54, 1.807) is 13.0 Å². The minimum Gasteiger partial charge on any atom is -0.460 e. The van der Waals surface area contributed by atoms with Gasteiger partial charge in [-0.2, -0.15) is 0 Å². The Hall–Kier alpha value is -1.42. The number of carbonyl (C=O) groups excluding carboxylic acids is 2. The fourth-order valence-electron chi connectivity index (χ4n) is 1.50. The summed E-state index contributed by atoms with van der Waals surface area (Å²) in [5, 5.41) is 0. The first-order chi connectivity index (χ1) is 8.08. The molecule has 1 unspecified atom stereocenters. The number of nitrogens with two attached hydrogens (primary N) is 1. The van der Waals surface area contributed by atoms with E-state index in [4.69, 9.17) is 10.5 Å². The highest BCUT2D eigenvalue weighted by molar-refractivity contribution is 5.95. The van der Waals surface area contributed by atoms with Crippen LogP contribution in [0.4, 0.5) is 0 Å². The van der Waals surface area contributed by atoms with Crippen LogP contribution in [0.15, 0.2) is 24.8 Å². The molecule has 0 aromatic carbocycles. The van der Waals surface area contributed by atoms with Crippen LogP contribution in [-0.4, -0.2) is 24.4 Å². The first kappa shape index (κ1) is 15.6. The third kappa shape index (κ3) is 5.45. The summed E-state index contributed by atoms with van der Waals surface area (Å²) in [5.74, 6) is -1.19. The van der Waals surface area contributed by atoms with E-state index in [1.807, 2.05) is 6.92 Å². The van der Waals surface area contributed by atoms with Crippen LogP contribution in [0, 0.1) is 5.92 Å². The maximum atomic E-state index is 11.8. The molecule has 0 aliphatic carbocycles. The van der Waals surface area contributed by atoms with Gasteiger partial charge in [-0.1, -0.05) is 32.1 Å². The smallest absolute Gasteiger partial charge is 0.323 e. The number of ketones is 1. The van der Waals surface area contributed by atoms with Gasteiger partial charge in [-0.05, 0) is 19.4 Å². The van der Waals surface area contributed by atoms with Gasteiger partial charge in [0.15, 0.2) is 5.78 Å². The zero-order chi connectivity index (χ0) is 13.3. The third-order valence-electron chi connectivity index (χ3n) is 2.35. The van der Waals surface area contributed by atoms with Crippen LogP contribution in [0.3, 0.4) is 0 Å². The van der Waals surface area contributed by atoms with Crippen LogP contribution >= 0.6 is 0 Å². The first-order valence-corrected chi connectivity index (χ1v) is 5.78. The van der Waals surface area contributed by atoms with Crippen molar-refractivity contribution in [2.24, 2.45) is 11.7 Å². The van der Waals surface area contributed by atoms with Gasteiger partial charge >= 0.3 is 5.97 Å². The summed E-state index contributed by atoms with van der Waals surface area (Å²) in [6, 6.07) is -0.904. The zero-order valence-corrected chi connectivity index (χ0v) is 10.5. The molecule has 0 aromatic heterocycles. The molecule has 0 aromatic rings. The van der Waals surface area contributed by atoms with Gasteiger partial charge in [0.25, 0.3) is 0 Å². The predicted octanol–water partition coefficient (Wildman–Crippen LogP) is 1.60.